The van der Waals surface area contributed by atoms with Crippen LogP contribution in [0.25, 0.3) is 11.3 Å². The minimum absolute atomic E-state index is 0.191. The fraction of sp³-hybridized carbons (Fsp3) is 0. The Morgan fingerprint density at radius 1 is 0.897 bits per heavy atom. The lowest BCUT2D eigenvalue weighted by atomic mass is 10.2. The maximum atomic E-state index is 12.5. The number of carbonyl (C=O) groups is 2. The van der Waals surface area contributed by atoms with Gasteiger partial charge < -0.3 is 9.73 Å². The molecular weight excluding hydrogens is 454 g/mol. The second-order valence-corrected chi connectivity index (χ2v) is 7.63. The zero-order valence-electron chi connectivity index (χ0n) is 14.9. The Labute approximate surface area is 178 Å². The van der Waals surface area contributed by atoms with Crippen molar-refractivity contribution in [2.45, 2.75) is 0 Å². The molecule has 29 heavy (non-hydrogen) atoms. The van der Waals surface area contributed by atoms with Gasteiger partial charge in [0.15, 0.2) is 15.6 Å². The van der Waals surface area contributed by atoms with Crippen LogP contribution in [0.5, 0.6) is 0 Å². The lowest BCUT2D eigenvalue weighted by molar-refractivity contribution is 0.0994. The molecule has 2 aromatic carbocycles. The van der Waals surface area contributed by atoms with E-state index in [0.717, 1.165) is 11.3 Å². The van der Waals surface area contributed by atoms with Crippen molar-refractivity contribution < 1.29 is 14.0 Å². The molecule has 0 spiro atoms. The standard InChI is InChI=1S/C21H14BrN3O3S/c22-18-11-10-17(28-18)20(27)23-15-8-6-14(7-9-15)19(26)25-21-24-16(12-29-21)13-4-2-1-3-5-13/h1-12H,(H,23,27)(H,24,25,26). The van der Waals surface area contributed by atoms with Crippen molar-refractivity contribution in [3.63, 3.8) is 0 Å². The third kappa shape index (κ3) is 4.61. The van der Waals surface area contributed by atoms with E-state index >= 15 is 0 Å². The quantitative estimate of drug-likeness (QED) is 0.395. The van der Waals surface area contributed by atoms with Crippen LogP contribution in [0, 0.1) is 0 Å². The minimum atomic E-state index is -0.371. The number of furan rings is 1. The molecule has 6 nitrogen and oxygen atoms in total. The van der Waals surface area contributed by atoms with E-state index in [2.05, 4.69) is 31.5 Å². The highest BCUT2D eigenvalue weighted by Crippen LogP contribution is 2.25. The first-order chi connectivity index (χ1) is 14.1. The van der Waals surface area contributed by atoms with Gasteiger partial charge in [0, 0.05) is 22.2 Å². The highest BCUT2D eigenvalue weighted by Gasteiger charge is 2.13. The summed E-state index contributed by atoms with van der Waals surface area (Å²) in [6.07, 6.45) is 0. The normalized spacial score (nSPS) is 10.5. The molecule has 4 aromatic rings. The first-order valence-corrected chi connectivity index (χ1v) is 10.2. The number of nitrogens with one attached hydrogen (secondary N) is 2. The molecule has 2 aromatic heterocycles. The Balaban J connectivity index is 1.39. The Kier molecular flexibility index (Phi) is 5.55. The SMILES string of the molecule is O=C(Nc1nc(-c2ccccc2)cs1)c1ccc(NC(=O)c2ccc(Br)o2)cc1. The average Bonchev–Trinajstić information content (AvgIpc) is 3.38. The Hall–Kier alpha value is -3.23. The molecule has 2 heterocycles. The molecule has 2 N–H and O–H groups in total. The van der Waals surface area contributed by atoms with Gasteiger partial charge in [-0.1, -0.05) is 30.3 Å². The van der Waals surface area contributed by atoms with E-state index in [1.165, 1.54) is 11.3 Å². The number of nitrogens with zero attached hydrogens (tertiary/aromatic N) is 1. The molecule has 0 saturated heterocycles. The molecule has 2 amide bonds. The van der Waals surface area contributed by atoms with Gasteiger partial charge in [-0.2, -0.15) is 0 Å². The molecule has 0 unspecified atom stereocenters. The number of halogens is 1. The molecule has 144 valence electrons. The van der Waals surface area contributed by atoms with Crippen molar-refractivity contribution in [1.29, 1.82) is 0 Å². The van der Waals surface area contributed by atoms with Gasteiger partial charge in [-0.15, -0.1) is 11.3 Å². The van der Waals surface area contributed by atoms with Crippen LogP contribution in [0.1, 0.15) is 20.9 Å². The number of hydrogen-bond donors (Lipinski definition) is 2. The number of aromatic nitrogens is 1. The van der Waals surface area contributed by atoms with Crippen LogP contribution >= 0.6 is 27.3 Å². The number of anilines is 2. The number of thiazole rings is 1. The maximum absolute atomic E-state index is 12.5. The van der Waals surface area contributed by atoms with Gasteiger partial charge >= 0.3 is 0 Å². The van der Waals surface area contributed by atoms with Crippen LogP contribution in [0.15, 0.2) is 81.2 Å². The van der Waals surface area contributed by atoms with Crippen molar-refractivity contribution in [2.24, 2.45) is 0 Å². The molecule has 0 aliphatic heterocycles. The fourth-order valence-electron chi connectivity index (χ4n) is 2.58. The van der Waals surface area contributed by atoms with E-state index in [1.807, 2.05) is 35.7 Å². The largest absolute Gasteiger partial charge is 0.444 e. The predicted molar refractivity (Wildman–Crippen MR) is 116 cm³/mol. The molecule has 0 atom stereocenters. The number of hydrogen-bond acceptors (Lipinski definition) is 5. The summed E-state index contributed by atoms with van der Waals surface area (Å²) in [5.74, 6) is -0.451. The lowest BCUT2D eigenvalue weighted by Gasteiger charge is -2.05. The molecular formula is C21H14BrN3O3S. The lowest BCUT2D eigenvalue weighted by Crippen LogP contribution is -2.13. The van der Waals surface area contributed by atoms with E-state index in [4.69, 9.17) is 4.42 Å². The topological polar surface area (TPSA) is 84.2 Å². The van der Waals surface area contributed by atoms with Gasteiger partial charge in [-0.3, -0.25) is 14.9 Å². The van der Waals surface area contributed by atoms with Crippen LogP contribution in [0.4, 0.5) is 10.8 Å². The molecule has 0 bridgehead atoms. The average molecular weight is 468 g/mol. The van der Waals surface area contributed by atoms with Crippen LogP contribution in [0.2, 0.25) is 0 Å². The molecule has 8 heteroatoms. The van der Waals surface area contributed by atoms with Crippen molar-refractivity contribution in [3.8, 4) is 11.3 Å². The smallest absolute Gasteiger partial charge is 0.291 e. The van der Waals surface area contributed by atoms with Crippen molar-refractivity contribution >= 4 is 49.9 Å². The molecule has 0 aliphatic rings. The highest BCUT2D eigenvalue weighted by atomic mass is 79.9. The maximum Gasteiger partial charge on any atom is 0.291 e. The van der Waals surface area contributed by atoms with Crippen LogP contribution in [0.3, 0.4) is 0 Å². The van der Waals surface area contributed by atoms with E-state index in [-0.39, 0.29) is 17.6 Å². The van der Waals surface area contributed by atoms with Gasteiger partial charge in [0.1, 0.15) is 0 Å². The Morgan fingerprint density at radius 2 is 1.66 bits per heavy atom. The Bertz CT molecular complexity index is 1150. The number of amides is 2. The van der Waals surface area contributed by atoms with Gasteiger partial charge in [-0.05, 0) is 52.3 Å². The summed E-state index contributed by atoms with van der Waals surface area (Å²) in [6, 6.07) is 19.6. The monoisotopic (exact) mass is 467 g/mol. The van der Waals surface area contributed by atoms with Crippen LogP contribution in [-0.2, 0) is 0 Å². The number of rotatable bonds is 5. The van der Waals surface area contributed by atoms with E-state index in [1.54, 1.807) is 36.4 Å². The minimum Gasteiger partial charge on any atom is -0.444 e. The van der Waals surface area contributed by atoms with Gasteiger partial charge in [0.25, 0.3) is 11.8 Å². The first-order valence-electron chi connectivity index (χ1n) is 8.57. The summed E-state index contributed by atoms with van der Waals surface area (Å²) in [5.41, 5.74) is 2.82. The Morgan fingerprint density at radius 3 is 2.34 bits per heavy atom. The number of benzene rings is 2. The zero-order chi connectivity index (χ0) is 20.2. The van der Waals surface area contributed by atoms with Crippen molar-refractivity contribution in [3.05, 3.63) is 88.1 Å². The van der Waals surface area contributed by atoms with Crippen LogP contribution in [-0.4, -0.2) is 16.8 Å². The third-order valence-electron chi connectivity index (χ3n) is 4.00. The molecule has 0 radical (unpaired) electrons. The molecule has 0 fully saturated rings. The van der Waals surface area contributed by atoms with Crippen molar-refractivity contribution in [1.82, 2.24) is 4.98 Å². The second kappa shape index (κ2) is 8.42. The summed E-state index contributed by atoms with van der Waals surface area (Å²) < 4.78 is 5.69. The summed E-state index contributed by atoms with van der Waals surface area (Å²) >= 11 is 4.52. The third-order valence-corrected chi connectivity index (χ3v) is 5.18. The number of carbonyl (C=O) groups excluding carboxylic acids is 2. The zero-order valence-corrected chi connectivity index (χ0v) is 17.3. The van der Waals surface area contributed by atoms with Gasteiger partial charge in [0.05, 0.1) is 5.69 Å². The van der Waals surface area contributed by atoms with E-state index < -0.39 is 0 Å². The summed E-state index contributed by atoms with van der Waals surface area (Å²) in [7, 11) is 0. The first kappa shape index (κ1) is 19.1. The van der Waals surface area contributed by atoms with Gasteiger partial charge in [-0.25, -0.2) is 4.98 Å². The van der Waals surface area contributed by atoms with Crippen LogP contribution < -0.4 is 10.6 Å². The molecule has 4 rings (SSSR count). The molecule has 0 aliphatic carbocycles. The summed E-state index contributed by atoms with van der Waals surface area (Å²) in [6.45, 7) is 0. The summed E-state index contributed by atoms with van der Waals surface area (Å²) in [5, 5.41) is 7.93. The summed E-state index contributed by atoms with van der Waals surface area (Å²) in [4.78, 5) is 29.0. The second-order valence-electron chi connectivity index (χ2n) is 5.99. The molecule has 0 saturated carbocycles. The highest BCUT2D eigenvalue weighted by molar-refractivity contribution is 9.10. The van der Waals surface area contributed by atoms with E-state index in [9.17, 15) is 9.59 Å². The van der Waals surface area contributed by atoms with Gasteiger partial charge in [0.2, 0.25) is 0 Å². The fourth-order valence-corrected chi connectivity index (χ4v) is 3.60. The van der Waals surface area contributed by atoms with Crippen molar-refractivity contribution in [2.75, 3.05) is 10.6 Å². The van der Waals surface area contributed by atoms with E-state index in [0.29, 0.717) is 21.1 Å². The predicted octanol–water partition coefficient (Wildman–Crippen LogP) is 5.67.